The van der Waals surface area contributed by atoms with Crippen molar-refractivity contribution >= 4 is 34.8 Å². The van der Waals surface area contributed by atoms with Gasteiger partial charge in [-0.15, -0.1) is 0 Å². The Morgan fingerprint density at radius 2 is 2.00 bits per heavy atom. The zero-order valence-corrected chi connectivity index (χ0v) is 16.6. The number of pyridine rings is 2. The standard InChI is InChI=1S/C21H23ClN4O2/c1-2-15-8-7-14-12-16(13-27)26(21(14)24-15)11-5-3-4-6-18-17(20(23)28)9-10-19(22)25-18/h7-10,12-13H,2-6,11H2,1H3,(H2,23,28). The Bertz CT molecular complexity index is 1010. The van der Waals surface area contributed by atoms with Crippen molar-refractivity contribution in [1.82, 2.24) is 14.5 Å². The third-order valence-corrected chi connectivity index (χ3v) is 5.03. The summed E-state index contributed by atoms with van der Waals surface area (Å²) in [6.07, 6.45) is 5.00. The molecular formula is C21H23ClN4O2. The molecule has 3 rings (SSSR count). The van der Waals surface area contributed by atoms with E-state index in [0.717, 1.165) is 48.7 Å². The van der Waals surface area contributed by atoms with Crippen LogP contribution in [0.2, 0.25) is 5.15 Å². The van der Waals surface area contributed by atoms with E-state index in [1.54, 1.807) is 12.1 Å². The maximum atomic E-state index is 11.5. The third-order valence-electron chi connectivity index (χ3n) is 4.82. The Balaban J connectivity index is 1.64. The first-order valence-corrected chi connectivity index (χ1v) is 9.80. The molecule has 146 valence electrons. The number of rotatable bonds is 9. The summed E-state index contributed by atoms with van der Waals surface area (Å²) in [6.45, 7) is 2.77. The van der Waals surface area contributed by atoms with E-state index >= 15 is 0 Å². The Labute approximate surface area is 168 Å². The molecule has 0 aliphatic carbocycles. The van der Waals surface area contributed by atoms with Crippen LogP contribution in [-0.4, -0.2) is 26.7 Å². The molecule has 7 heteroatoms. The summed E-state index contributed by atoms with van der Waals surface area (Å²) in [5, 5.41) is 1.33. The van der Waals surface area contributed by atoms with E-state index < -0.39 is 5.91 Å². The lowest BCUT2D eigenvalue weighted by atomic mass is 10.1. The predicted octanol–water partition coefficient (Wildman–Crippen LogP) is 3.97. The van der Waals surface area contributed by atoms with Crippen LogP contribution >= 0.6 is 11.6 Å². The van der Waals surface area contributed by atoms with Crippen LogP contribution in [0.5, 0.6) is 0 Å². The van der Waals surface area contributed by atoms with Gasteiger partial charge in [-0.2, -0.15) is 0 Å². The van der Waals surface area contributed by atoms with E-state index in [0.29, 0.717) is 35.1 Å². The quantitative estimate of drug-likeness (QED) is 0.335. The van der Waals surface area contributed by atoms with Crippen LogP contribution in [0.25, 0.3) is 11.0 Å². The fraction of sp³-hybridized carbons (Fsp3) is 0.333. The SMILES string of the molecule is CCc1ccc2cc(C=O)n(CCCCCc3nc(Cl)ccc3C(N)=O)c2n1. The minimum atomic E-state index is -0.494. The van der Waals surface area contributed by atoms with Crippen LogP contribution in [0.4, 0.5) is 0 Å². The molecule has 0 spiro atoms. The topological polar surface area (TPSA) is 90.9 Å². The molecule has 0 atom stereocenters. The number of aldehydes is 1. The van der Waals surface area contributed by atoms with Gasteiger partial charge < -0.3 is 10.3 Å². The highest BCUT2D eigenvalue weighted by molar-refractivity contribution is 6.29. The average molecular weight is 399 g/mol. The molecule has 0 radical (unpaired) electrons. The number of nitrogens with zero attached hydrogens (tertiary/aromatic N) is 3. The molecular weight excluding hydrogens is 376 g/mol. The van der Waals surface area contributed by atoms with Gasteiger partial charge in [0.1, 0.15) is 10.8 Å². The number of primary amides is 1. The molecule has 0 saturated carbocycles. The van der Waals surface area contributed by atoms with Gasteiger partial charge >= 0.3 is 0 Å². The summed E-state index contributed by atoms with van der Waals surface area (Å²) in [7, 11) is 0. The Morgan fingerprint density at radius 1 is 1.18 bits per heavy atom. The minimum absolute atomic E-state index is 0.354. The maximum Gasteiger partial charge on any atom is 0.250 e. The number of hydrogen-bond acceptors (Lipinski definition) is 4. The molecule has 2 N–H and O–H groups in total. The zero-order chi connectivity index (χ0) is 20.1. The summed E-state index contributed by atoms with van der Waals surface area (Å²) in [4.78, 5) is 31.9. The molecule has 0 aromatic carbocycles. The highest BCUT2D eigenvalue weighted by Gasteiger charge is 2.12. The first-order chi connectivity index (χ1) is 13.5. The van der Waals surface area contributed by atoms with Crippen LogP contribution < -0.4 is 5.73 Å². The second-order valence-corrected chi connectivity index (χ2v) is 7.10. The first-order valence-electron chi connectivity index (χ1n) is 9.43. The molecule has 1 amide bonds. The number of nitrogens with two attached hydrogens (primary N) is 1. The molecule has 0 saturated heterocycles. The largest absolute Gasteiger partial charge is 0.366 e. The van der Waals surface area contributed by atoms with E-state index in [9.17, 15) is 9.59 Å². The van der Waals surface area contributed by atoms with Crippen molar-refractivity contribution in [2.45, 2.75) is 45.6 Å². The predicted molar refractivity (Wildman–Crippen MR) is 110 cm³/mol. The molecule has 0 aliphatic rings. The van der Waals surface area contributed by atoms with Crippen molar-refractivity contribution in [2.75, 3.05) is 0 Å². The monoisotopic (exact) mass is 398 g/mol. The van der Waals surface area contributed by atoms with Gasteiger partial charge in [-0.05, 0) is 56.0 Å². The number of carbonyl (C=O) groups excluding carboxylic acids is 2. The van der Waals surface area contributed by atoms with E-state index in [2.05, 4.69) is 16.9 Å². The van der Waals surface area contributed by atoms with Gasteiger partial charge in [-0.25, -0.2) is 9.97 Å². The van der Waals surface area contributed by atoms with E-state index in [1.807, 2.05) is 22.8 Å². The molecule has 0 fully saturated rings. The van der Waals surface area contributed by atoms with E-state index in [4.69, 9.17) is 17.3 Å². The van der Waals surface area contributed by atoms with E-state index in [1.165, 1.54) is 0 Å². The van der Waals surface area contributed by atoms with Gasteiger partial charge in [-0.1, -0.05) is 24.9 Å². The van der Waals surface area contributed by atoms with Gasteiger partial charge in [-0.3, -0.25) is 9.59 Å². The molecule has 28 heavy (non-hydrogen) atoms. The van der Waals surface area contributed by atoms with Crippen LogP contribution in [0, 0.1) is 0 Å². The first kappa shape index (κ1) is 20.0. The number of carbonyl (C=O) groups is 2. The third kappa shape index (κ3) is 4.39. The lowest BCUT2D eigenvalue weighted by Gasteiger charge is -2.09. The molecule has 0 bridgehead atoms. The number of fused-ring (bicyclic) bond motifs is 1. The van der Waals surface area contributed by atoms with Gasteiger partial charge in [0, 0.05) is 17.6 Å². The fourth-order valence-electron chi connectivity index (χ4n) is 3.35. The number of aryl methyl sites for hydroxylation is 3. The van der Waals surface area contributed by atoms with Gasteiger partial charge in [0.2, 0.25) is 0 Å². The van der Waals surface area contributed by atoms with Crippen LogP contribution in [0.3, 0.4) is 0 Å². The summed E-state index contributed by atoms with van der Waals surface area (Å²) in [5.74, 6) is -0.494. The molecule has 6 nitrogen and oxygen atoms in total. The molecule has 3 aromatic rings. The van der Waals surface area contributed by atoms with Crippen LogP contribution in [0.1, 0.15) is 58.4 Å². The lowest BCUT2D eigenvalue weighted by Crippen LogP contribution is -2.15. The highest BCUT2D eigenvalue weighted by atomic mass is 35.5. The normalized spacial score (nSPS) is 11.1. The maximum absolute atomic E-state index is 11.5. The second kappa shape index (κ2) is 8.97. The molecule has 0 aliphatic heterocycles. The van der Waals surface area contributed by atoms with Crippen LogP contribution in [0.15, 0.2) is 30.3 Å². The van der Waals surface area contributed by atoms with Crippen molar-refractivity contribution in [1.29, 1.82) is 0 Å². The minimum Gasteiger partial charge on any atom is -0.366 e. The second-order valence-electron chi connectivity index (χ2n) is 6.71. The van der Waals surface area contributed by atoms with Gasteiger partial charge in [0.15, 0.2) is 6.29 Å². The number of hydrogen-bond donors (Lipinski definition) is 1. The zero-order valence-electron chi connectivity index (χ0n) is 15.8. The van der Waals surface area contributed by atoms with Crippen molar-refractivity contribution in [3.8, 4) is 0 Å². The molecule has 3 aromatic heterocycles. The van der Waals surface area contributed by atoms with Crippen LogP contribution in [-0.2, 0) is 19.4 Å². The Hall–Kier alpha value is -2.73. The Kier molecular flexibility index (Phi) is 6.41. The molecule has 0 unspecified atom stereocenters. The molecule has 3 heterocycles. The lowest BCUT2D eigenvalue weighted by molar-refractivity contribution is 0.0998. The van der Waals surface area contributed by atoms with E-state index in [-0.39, 0.29) is 0 Å². The smallest absolute Gasteiger partial charge is 0.250 e. The van der Waals surface area contributed by atoms with Crippen molar-refractivity contribution in [3.05, 3.63) is 58.1 Å². The fourth-order valence-corrected chi connectivity index (χ4v) is 3.51. The highest BCUT2D eigenvalue weighted by Crippen LogP contribution is 2.20. The van der Waals surface area contributed by atoms with Crippen molar-refractivity contribution in [3.63, 3.8) is 0 Å². The number of unbranched alkanes of at least 4 members (excludes halogenated alkanes) is 2. The summed E-state index contributed by atoms with van der Waals surface area (Å²) in [5.41, 5.74) is 8.96. The van der Waals surface area contributed by atoms with Gasteiger partial charge in [0.05, 0.1) is 17.0 Å². The summed E-state index contributed by atoms with van der Waals surface area (Å²) in [6, 6.07) is 9.08. The number of halogens is 1. The Morgan fingerprint density at radius 3 is 2.71 bits per heavy atom. The summed E-state index contributed by atoms with van der Waals surface area (Å²) >= 11 is 5.94. The number of amides is 1. The van der Waals surface area contributed by atoms with Crippen molar-refractivity contribution in [2.24, 2.45) is 5.73 Å². The van der Waals surface area contributed by atoms with Gasteiger partial charge in [0.25, 0.3) is 5.91 Å². The number of aromatic nitrogens is 3. The average Bonchev–Trinajstić information content (AvgIpc) is 3.04. The summed E-state index contributed by atoms with van der Waals surface area (Å²) < 4.78 is 1.98. The van der Waals surface area contributed by atoms with Crippen molar-refractivity contribution < 1.29 is 9.59 Å².